The Hall–Kier alpha value is -4.55. The molecule has 2 atom stereocenters. The first kappa shape index (κ1) is 33.4. The Kier molecular flexibility index (Phi) is 8.45. The summed E-state index contributed by atoms with van der Waals surface area (Å²) in [6, 6.07) is 2.62. The van der Waals surface area contributed by atoms with E-state index in [-0.39, 0.29) is 36.7 Å². The van der Waals surface area contributed by atoms with Crippen LogP contribution >= 0.6 is 0 Å². The van der Waals surface area contributed by atoms with Crippen molar-refractivity contribution < 1.29 is 52.3 Å². The highest BCUT2D eigenvalue weighted by Gasteiger charge is 2.50. The zero-order valence-electron chi connectivity index (χ0n) is 29.0. The van der Waals surface area contributed by atoms with Gasteiger partial charge in [0.1, 0.15) is 22.8 Å². The Balaban J connectivity index is 1.46. The van der Waals surface area contributed by atoms with Gasteiger partial charge in [0.05, 0.1) is 21.3 Å². The molecule has 4 aliphatic heterocycles. The largest absolute Gasteiger partial charge is 0.493 e. The first-order chi connectivity index (χ1) is 22.7. The van der Waals surface area contributed by atoms with Crippen LogP contribution in [0.1, 0.15) is 86.3 Å². The number of carbonyl (C=O) groups is 3. The number of fused-ring (bicyclic) bond motifs is 3. The van der Waals surface area contributed by atoms with E-state index < -0.39 is 35.4 Å². The van der Waals surface area contributed by atoms with E-state index in [4.69, 9.17) is 37.9 Å². The zero-order chi connectivity index (χ0) is 34.7. The lowest BCUT2D eigenvalue weighted by molar-refractivity contribution is -0.0196. The quantitative estimate of drug-likeness (QED) is 0.282. The normalized spacial score (nSPS) is 20.0. The van der Waals surface area contributed by atoms with Crippen molar-refractivity contribution in [1.29, 1.82) is 0 Å². The molecule has 0 aromatic heterocycles. The fourth-order valence-electron chi connectivity index (χ4n) is 6.94. The summed E-state index contributed by atoms with van der Waals surface area (Å²) in [5.74, 6) is 1.56. The topological polar surface area (TPSA) is 132 Å². The van der Waals surface area contributed by atoms with Gasteiger partial charge in [-0.25, -0.2) is 14.4 Å². The Morgan fingerprint density at radius 1 is 0.875 bits per heavy atom. The second kappa shape index (κ2) is 12.2. The van der Waals surface area contributed by atoms with Gasteiger partial charge in [-0.05, 0) is 71.9 Å². The number of nitrogens with zero attached hydrogens (tertiary/aromatic N) is 2. The third kappa shape index (κ3) is 5.87. The number of rotatable bonds is 6. The number of methoxy groups -OCH3 is 3. The predicted molar refractivity (Wildman–Crippen MR) is 171 cm³/mol. The van der Waals surface area contributed by atoms with Crippen LogP contribution in [0.25, 0.3) is 0 Å². The maximum absolute atomic E-state index is 13.9. The van der Waals surface area contributed by atoms with E-state index in [9.17, 15) is 14.4 Å². The SMILES string of the molecule is COc1ccc2c(c1OC)C(=O)O[C@@H]2[C@H]1c2c(c(CC3CN(C(=O)OC(C)(C)C)C3)c3c(c2OC)OCO3)CCN1C(=O)OC(C)(C)C. The van der Waals surface area contributed by atoms with Crippen LogP contribution < -0.4 is 23.7 Å². The van der Waals surface area contributed by atoms with E-state index in [0.29, 0.717) is 60.1 Å². The molecule has 1 saturated heterocycles. The number of benzene rings is 2. The molecular formula is C35H44N2O11. The summed E-state index contributed by atoms with van der Waals surface area (Å²) in [6.45, 7) is 12.2. The molecule has 2 aromatic carbocycles. The fraction of sp³-hybridized carbons (Fsp3) is 0.571. The fourth-order valence-corrected chi connectivity index (χ4v) is 6.94. The van der Waals surface area contributed by atoms with E-state index in [1.165, 1.54) is 21.3 Å². The number of hydrogen-bond donors (Lipinski definition) is 0. The average molecular weight is 669 g/mol. The van der Waals surface area contributed by atoms with Crippen molar-refractivity contribution in [3.8, 4) is 28.7 Å². The third-order valence-corrected chi connectivity index (χ3v) is 8.80. The lowest BCUT2D eigenvalue weighted by Gasteiger charge is -2.43. The van der Waals surface area contributed by atoms with Crippen LogP contribution in [-0.2, 0) is 27.1 Å². The molecule has 0 bridgehead atoms. The number of ether oxygens (including phenoxy) is 8. The minimum Gasteiger partial charge on any atom is -0.493 e. The van der Waals surface area contributed by atoms with E-state index >= 15 is 0 Å². The van der Waals surface area contributed by atoms with Gasteiger partial charge >= 0.3 is 18.2 Å². The minimum atomic E-state index is -0.938. The molecule has 13 heteroatoms. The van der Waals surface area contributed by atoms with Crippen molar-refractivity contribution in [2.75, 3.05) is 47.8 Å². The Morgan fingerprint density at radius 2 is 1.52 bits per heavy atom. The summed E-state index contributed by atoms with van der Waals surface area (Å²) in [5.41, 5.74) is 1.89. The summed E-state index contributed by atoms with van der Waals surface area (Å²) in [7, 11) is 4.49. The smallest absolute Gasteiger partial charge is 0.410 e. The highest BCUT2D eigenvalue weighted by atomic mass is 16.7. The number of amides is 2. The van der Waals surface area contributed by atoms with Crippen molar-refractivity contribution in [2.24, 2.45) is 5.92 Å². The van der Waals surface area contributed by atoms with Crippen molar-refractivity contribution in [3.05, 3.63) is 39.9 Å². The van der Waals surface area contributed by atoms with E-state index in [1.807, 2.05) is 20.8 Å². The number of hydrogen-bond acceptors (Lipinski definition) is 11. The summed E-state index contributed by atoms with van der Waals surface area (Å²) < 4.78 is 46.7. The van der Waals surface area contributed by atoms with Crippen LogP contribution in [0, 0.1) is 5.92 Å². The molecule has 2 amide bonds. The average Bonchev–Trinajstić information content (AvgIpc) is 3.60. The molecule has 2 aromatic rings. The van der Waals surface area contributed by atoms with E-state index in [2.05, 4.69) is 0 Å². The van der Waals surface area contributed by atoms with Crippen molar-refractivity contribution in [1.82, 2.24) is 9.80 Å². The van der Waals surface area contributed by atoms with Gasteiger partial charge < -0.3 is 42.8 Å². The first-order valence-electron chi connectivity index (χ1n) is 16.1. The van der Waals surface area contributed by atoms with Crippen LogP contribution in [0.4, 0.5) is 9.59 Å². The molecule has 260 valence electrons. The maximum Gasteiger partial charge on any atom is 0.410 e. The molecule has 13 nitrogen and oxygen atoms in total. The highest BCUT2D eigenvalue weighted by molar-refractivity contribution is 5.98. The Bertz CT molecular complexity index is 1630. The van der Waals surface area contributed by atoms with Crippen molar-refractivity contribution in [2.45, 2.75) is 77.7 Å². The van der Waals surface area contributed by atoms with Gasteiger partial charge in [0.15, 0.2) is 29.1 Å². The molecule has 0 saturated carbocycles. The molecule has 4 aliphatic rings. The molecular weight excluding hydrogens is 624 g/mol. The Morgan fingerprint density at radius 3 is 2.15 bits per heavy atom. The lowest BCUT2D eigenvalue weighted by atomic mass is 9.80. The monoisotopic (exact) mass is 668 g/mol. The van der Waals surface area contributed by atoms with Gasteiger partial charge in [0, 0.05) is 36.3 Å². The van der Waals surface area contributed by atoms with Crippen molar-refractivity contribution >= 4 is 18.2 Å². The van der Waals surface area contributed by atoms with Crippen LogP contribution in [-0.4, -0.2) is 86.9 Å². The van der Waals surface area contributed by atoms with E-state index in [1.54, 1.807) is 42.7 Å². The maximum atomic E-state index is 13.9. The second-order valence-electron chi connectivity index (χ2n) is 14.4. The Labute approximate surface area is 280 Å². The van der Waals surface area contributed by atoms with E-state index in [0.717, 1.165) is 11.1 Å². The molecule has 0 radical (unpaired) electrons. The first-order valence-corrected chi connectivity index (χ1v) is 16.1. The summed E-state index contributed by atoms with van der Waals surface area (Å²) >= 11 is 0. The number of carbonyl (C=O) groups excluding carboxylic acids is 3. The highest BCUT2D eigenvalue weighted by Crippen LogP contribution is 2.57. The van der Waals surface area contributed by atoms with Gasteiger partial charge in [-0.1, -0.05) is 6.07 Å². The van der Waals surface area contributed by atoms with Gasteiger partial charge in [0.2, 0.25) is 12.5 Å². The van der Waals surface area contributed by atoms with Gasteiger partial charge in [-0.3, -0.25) is 4.90 Å². The number of cyclic esters (lactones) is 1. The molecule has 0 unspecified atom stereocenters. The van der Waals surface area contributed by atoms with Crippen LogP contribution in [0.2, 0.25) is 0 Å². The van der Waals surface area contributed by atoms with Crippen LogP contribution in [0.15, 0.2) is 12.1 Å². The molecule has 0 N–H and O–H groups in total. The molecule has 6 rings (SSSR count). The van der Waals surface area contributed by atoms with Gasteiger partial charge in [-0.15, -0.1) is 0 Å². The second-order valence-corrected chi connectivity index (χ2v) is 14.4. The standard InChI is InChI=1S/C35H44N2O11/c1-34(2,3)47-32(39)36-15-18(16-36)14-21-19-12-13-37(33(40)48-35(4,5)6)25(23(19)29(43-9)30-27(21)44-17-45-30)26-20-10-11-22(41-7)28(42-8)24(20)31(38)46-26/h10-11,18,25-26H,12-17H2,1-9H3/t25-,26+/m1/s1. The number of likely N-dealkylation sites (tertiary alicyclic amines) is 1. The van der Waals surface area contributed by atoms with Gasteiger partial charge in [0.25, 0.3) is 0 Å². The summed E-state index contributed by atoms with van der Waals surface area (Å²) in [5, 5.41) is 0. The predicted octanol–water partition coefficient (Wildman–Crippen LogP) is 5.60. The zero-order valence-corrected chi connectivity index (χ0v) is 29.0. The molecule has 4 heterocycles. The molecule has 48 heavy (non-hydrogen) atoms. The number of esters is 1. The third-order valence-electron chi connectivity index (χ3n) is 8.80. The minimum absolute atomic E-state index is 0.00499. The van der Waals surface area contributed by atoms with Crippen molar-refractivity contribution in [3.63, 3.8) is 0 Å². The van der Waals surface area contributed by atoms with Crippen LogP contribution in [0.5, 0.6) is 28.7 Å². The summed E-state index contributed by atoms with van der Waals surface area (Å²) in [6.07, 6.45) is -0.802. The van der Waals surface area contributed by atoms with Gasteiger partial charge in [-0.2, -0.15) is 0 Å². The molecule has 1 fully saturated rings. The molecule has 0 spiro atoms. The lowest BCUT2D eigenvalue weighted by Crippen LogP contribution is -2.52. The summed E-state index contributed by atoms with van der Waals surface area (Å²) in [4.78, 5) is 43.4. The molecule has 0 aliphatic carbocycles. The van der Waals surface area contributed by atoms with Crippen LogP contribution in [0.3, 0.4) is 0 Å².